The standard InChI is InChI=1S/C28H48N8O13S/c1-12(39)20(35-26(46)21(13(2)40)34-22(42)14(29)10-37)25(45)33-17(11-38)27(47)36-7-4-5-18(36)24(44)32-16(9-19(30)41)23(43)31-15(28(48)49)6-8-50-3/h12-18,20-21,37-40H,4-11,29H2,1-3H3,(H2,30,41)(H,31,43)(H,32,44)(H,33,45)(H,34,42)(H,35,46)(H,48,49)/t12-,13-,14+,15+,16+,17+,18+,20+,21+/m1/s1. The van der Waals surface area contributed by atoms with Crippen LogP contribution < -0.4 is 38.1 Å². The van der Waals surface area contributed by atoms with E-state index in [0.717, 1.165) is 18.7 Å². The number of nitrogens with two attached hydrogens (primary N) is 2. The van der Waals surface area contributed by atoms with E-state index < -0.39 is 121 Å². The molecule has 50 heavy (non-hydrogen) atoms. The summed E-state index contributed by atoms with van der Waals surface area (Å²) in [5.41, 5.74) is 10.7. The fourth-order valence-corrected chi connectivity index (χ4v) is 5.26. The first-order chi connectivity index (χ1) is 23.4. The Hall–Kier alpha value is -4.09. The molecule has 0 unspecified atom stereocenters. The molecule has 0 aromatic rings. The van der Waals surface area contributed by atoms with Crippen LogP contribution in [-0.2, 0) is 38.4 Å². The number of nitrogens with one attached hydrogen (secondary N) is 5. The van der Waals surface area contributed by atoms with Gasteiger partial charge in [-0.3, -0.25) is 33.6 Å². The number of thioether (sulfide) groups is 1. The van der Waals surface area contributed by atoms with Crippen LogP contribution in [-0.4, -0.2) is 164 Å². The van der Waals surface area contributed by atoms with Crippen molar-refractivity contribution in [2.24, 2.45) is 11.5 Å². The molecule has 1 aliphatic rings. The number of aliphatic hydroxyl groups is 4. The molecule has 1 fully saturated rings. The van der Waals surface area contributed by atoms with Crippen LogP contribution in [0.2, 0.25) is 0 Å². The lowest BCUT2D eigenvalue weighted by Gasteiger charge is -2.31. The molecule has 0 aliphatic carbocycles. The molecule has 284 valence electrons. The van der Waals surface area contributed by atoms with Crippen molar-refractivity contribution in [1.82, 2.24) is 31.5 Å². The predicted molar refractivity (Wildman–Crippen MR) is 174 cm³/mol. The van der Waals surface area contributed by atoms with Gasteiger partial charge in [0, 0.05) is 6.54 Å². The third-order valence-corrected chi connectivity index (χ3v) is 8.20. The average molecular weight is 737 g/mol. The van der Waals surface area contributed by atoms with Gasteiger partial charge in [-0.1, -0.05) is 0 Å². The number of hydrogen-bond donors (Lipinski definition) is 12. The minimum absolute atomic E-state index is 0.0337. The smallest absolute Gasteiger partial charge is 0.326 e. The van der Waals surface area contributed by atoms with Crippen molar-refractivity contribution in [3.05, 3.63) is 0 Å². The maximum absolute atomic E-state index is 13.5. The first kappa shape index (κ1) is 43.9. The Morgan fingerprint density at radius 3 is 1.82 bits per heavy atom. The Morgan fingerprint density at radius 2 is 1.34 bits per heavy atom. The Morgan fingerprint density at radius 1 is 0.800 bits per heavy atom. The molecule has 0 saturated carbocycles. The second kappa shape index (κ2) is 21.2. The zero-order chi connectivity index (χ0) is 38.3. The van der Waals surface area contributed by atoms with Gasteiger partial charge >= 0.3 is 5.97 Å². The summed E-state index contributed by atoms with van der Waals surface area (Å²) in [4.78, 5) is 102. The van der Waals surface area contributed by atoms with E-state index in [-0.39, 0.29) is 25.8 Å². The molecule has 0 radical (unpaired) electrons. The number of carbonyl (C=O) groups excluding carboxylic acids is 7. The maximum atomic E-state index is 13.5. The zero-order valence-electron chi connectivity index (χ0n) is 27.9. The topological polar surface area (TPSA) is 353 Å². The molecule has 0 aromatic carbocycles. The van der Waals surface area contributed by atoms with Gasteiger partial charge in [0.1, 0.15) is 42.3 Å². The number of carboxylic acid groups (broad SMARTS) is 1. The van der Waals surface area contributed by atoms with Crippen molar-refractivity contribution in [2.45, 2.75) is 94.0 Å². The van der Waals surface area contributed by atoms with E-state index in [0.29, 0.717) is 5.75 Å². The van der Waals surface area contributed by atoms with E-state index in [1.165, 1.54) is 11.8 Å². The number of likely N-dealkylation sites (tertiary alicyclic amines) is 1. The fourth-order valence-electron chi connectivity index (χ4n) is 4.79. The summed E-state index contributed by atoms with van der Waals surface area (Å²) in [6, 6.07) is -10.8. The number of carbonyl (C=O) groups is 8. The second-order valence-electron chi connectivity index (χ2n) is 11.6. The highest BCUT2D eigenvalue weighted by Crippen LogP contribution is 2.19. The molecular weight excluding hydrogens is 688 g/mol. The highest BCUT2D eigenvalue weighted by Gasteiger charge is 2.40. The molecule has 1 aliphatic heterocycles. The van der Waals surface area contributed by atoms with E-state index in [4.69, 9.17) is 16.6 Å². The molecule has 22 heteroatoms. The minimum atomic E-state index is -1.79. The van der Waals surface area contributed by atoms with Crippen LogP contribution in [0.3, 0.4) is 0 Å². The Kier molecular flexibility index (Phi) is 18.6. The van der Waals surface area contributed by atoms with Crippen LogP contribution >= 0.6 is 11.8 Å². The molecule has 9 atom stereocenters. The summed E-state index contributed by atoms with van der Waals surface area (Å²) in [7, 11) is 0. The molecule has 14 N–H and O–H groups in total. The van der Waals surface area contributed by atoms with E-state index in [1.54, 1.807) is 6.26 Å². The normalized spacial score (nSPS) is 19.0. The average Bonchev–Trinajstić information content (AvgIpc) is 3.55. The molecule has 1 saturated heterocycles. The van der Waals surface area contributed by atoms with Crippen molar-refractivity contribution in [2.75, 3.05) is 31.8 Å². The van der Waals surface area contributed by atoms with E-state index >= 15 is 0 Å². The van der Waals surface area contributed by atoms with Crippen molar-refractivity contribution < 1.29 is 63.9 Å². The highest BCUT2D eigenvalue weighted by atomic mass is 32.2. The van der Waals surface area contributed by atoms with Crippen molar-refractivity contribution in [3.8, 4) is 0 Å². The molecule has 0 spiro atoms. The first-order valence-corrected chi connectivity index (χ1v) is 16.9. The fraction of sp³-hybridized carbons (Fsp3) is 0.714. The second-order valence-corrected chi connectivity index (χ2v) is 12.6. The van der Waals surface area contributed by atoms with E-state index in [9.17, 15) is 58.8 Å². The quantitative estimate of drug-likeness (QED) is 0.0521. The summed E-state index contributed by atoms with van der Waals surface area (Å²) >= 11 is 1.34. The lowest BCUT2D eigenvalue weighted by molar-refractivity contribution is -0.144. The molecule has 21 nitrogen and oxygen atoms in total. The molecular formula is C28H48N8O13S. The molecule has 1 rings (SSSR count). The van der Waals surface area contributed by atoms with Gasteiger partial charge in [0.05, 0.1) is 31.8 Å². The van der Waals surface area contributed by atoms with Crippen LogP contribution in [0.1, 0.15) is 39.5 Å². The van der Waals surface area contributed by atoms with Crippen LogP contribution in [0, 0.1) is 0 Å². The first-order valence-electron chi connectivity index (χ1n) is 15.6. The highest BCUT2D eigenvalue weighted by molar-refractivity contribution is 7.98. The summed E-state index contributed by atoms with van der Waals surface area (Å²) in [5, 5.41) is 59.8. The molecule has 1 heterocycles. The lowest BCUT2D eigenvalue weighted by Crippen LogP contribution is -2.63. The lowest BCUT2D eigenvalue weighted by atomic mass is 10.1. The Balaban J connectivity index is 3.10. The number of primary amides is 1. The van der Waals surface area contributed by atoms with Crippen LogP contribution in [0.15, 0.2) is 0 Å². The Labute approximate surface area is 291 Å². The number of hydrogen-bond acceptors (Lipinski definition) is 14. The molecule has 0 bridgehead atoms. The van der Waals surface area contributed by atoms with Crippen LogP contribution in [0.4, 0.5) is 0 Å². The number of rotatable bonds is 21. The van der Waals surface area contributed by atoms with E-state index in [1.807, 2.05) is 0 Å². The van der Waals surface area contributed by atoms with Gasteiger partial charge in [-0.05, 0) is 45.1 Å². The van der Waals surface area contributed by atoms with Gasteiger partial charge in [0.15, 0.2) is 0 Å². The summed E-state index contributed by atoms with van der Waals surface area (Å²) in [5.74, 6) is -8.11. The zero-order valence-corrected chi connectivity index (χ0v) is 28.7. The molecule has 7 amide bonds. The number of amides is 7. The summed E-state index contributed by atoms with van der Waals surface area (Å²) in [6.07, 6.45) is -1.70. The van der Waals surface area contributed by atoms with Crippen molar-refractivity contribution in [3.63, 3.8) is 0 Å². The van der Waals surface area contributed by atoms with Gasteiger partial charge in [0.25, 0.3) is 0 Å². The maximum Gasteiger partial charge on any atom is 0.326 e. The van der Waals surface area contributed by atoms with Crippen LogP contribution in [0.25, 0.3) is 0 Å². The van der Waals surface area contributed by atoms with Crippen molar-refractivity contribution >= 4 is 59.1 Å². The monoisotopic (exact) mass is 736 g/mol. The number of carboxylic acids is 1. The SMILES string of the molecule is CSCC[C@H](NC(=O)[C@H](CC(N)=O)NC(=O)[C@@H]1CCCN1C(=O)[C@H](CO)NC(=O)[C@@H](NC(=O)[C@@H](NC(=O)[C@@H](N)CO)[C@@H](C)O)[C@@H](C)O)C(=O)O. The number of nitrogens with zero attached hydrogens (tertiary/aromatic N) is 1. The third kappa shape index (κ3) is 13.3. The van der Waals surface area contributed by atoms with Gasteiger partial charge in [0.2, 0.25) is 41.4 Å². The number of aliphatic hydroxyl groups excluding tert-OH is 4. The minimum Gasteiger partial charge on any atom is -0.480 e. The number of aliphatic carboxylic acids is 1. The predicted octanol–water partition coefficient (Wildman–Crippen LogP) is -6.81. The van der Waals surface area contributed by atoms with Crippen LogP contribution in [0.5, 0.6) is 0 Å². The largest absolute Gasteiger partial charge is 0.480 e. The summed E-state index contributed by atoms with van der Waals surface area (Å²) < 4.78 is 0. The van der Waals surface area contributed by atoms with Gasteiger partial charge in [-0.25, -0.2) is 4.79 Å². The van der Waals surface area contributed by atoms with E-state index in [2.05, 4.69) is 26.6 Å². The Bertz CT molecular complexity index is 1240. The van der Waals surface area contributed by atoms with Gasteiger partial charge in [-0.15, -0.1) is 0 Å². The van der Waals surface area contributed by atoms with Crippen molar-refractivity contribution in [1.29, 1.82) is 0 Å². The molecule has 0 aromatic heterocycles. The third-order valence-electron chi connectivity index (χ3n) is 7.56. The van der Waals surface area contributed by atoms with Gasteiger partial charge < -0.3 is 68.5 Å². The summed E-state index contributed by atoms with van der Waals surface area (Å²) in [6.45, 7) is 0.439. The van der Waals surface area contributed by atoms with Gasteiger partial charge in [-0.2, -0.15) is 11.8 Å².